The number of morpholine rings is 1. The second-order valence-corrected chi connectivity index (χ2v) is 7.69. The molecule has 0 bridgehead atoms. The van der Waals surface area contributed by atoms with Crippen LogP contribution in [0.15, 0.2) is 84.9 Å². The summed E-state index contributed by atoms with van der Waals surface area (Å²) < 4.78 is 11.8. The molecule has 0 amide bonds. The molecule has 0 saturated carbocycles. The van der Waals surface area contributed by atoms with Crippen LogP contribution in [0.3, 0.4) is 0 Å². The Morgan fingerprint density at radius 1 is 0.844 bits per heavy atom. The van der Waals surface area contributed by atoms with Crippen LogP contribution in [0.4, 0.5) is 0 Å². The molecule has 0 N–H and O–H groups in total. The van der Waals surface area contributed by atoms with E-state index in [1.807, 2.05) is 71.5 Å². The molecule has 1 aliphatic heterocycles. The third-order valence-electron chi connectivity index (χ3n) is 5.55. The number of aromatic nitrogens is 3. The van der Waals surface area contributed by atoms with Gasteiger partial charge in [0.15, 0.2) is 6.17 Å². The monoisotopic (exact) mass is 426 g/mol. The summed E-state index contributed by atoms with van der Waals surface area (Å²) in [5, 5.41) is 9.59. The van der Waals surface area contributed by atoms with E-state index in [1.165, 1.54) is 0 Å². The van der Waals surface area contributed by atoms with Crippen LogP contribution in [-0.4, -0.2) is 52.8 Å². The third kappa shape index (κ3) is 4.56. The molecule has 3 aromatic carbocycles. The summed E-state index contributed by atoms with van der Waals surface area (Å²) in [5.41, 5.74) is 3.97. The lowest BCUT2D eigenvalue weighted by Crippen LogP contribution is -2.42. The van der Waals surface area contributed by atoms with E-state index >= 15 is 0 Å². The number of benzene rings is 3. The highest BCUT2D eigenvalue weighted by molar-refractivity contribution is 5.73. The standard InChI is InChI=1S/C26H26N4O2/c1-2-9-21(10-3-1)11-8-18-32-25-15-7-4-12-22(25)26(29-16-19-31-20-17-29)30-27-23-13-5-6-14-24(23)28-30/h1-15,26H,16-20H2/b11-8+. The molecule has 2 heterocycles. The lowest BCUT2D eigenvalue weighted by molar-refractivity contribution is 0.00263. The van der Waals surface area contributed by atoms with Gasteiger partial charge in [0.2, 0.25) is 0 Å². The van der Waals surface area contributed by atoms with Gasteiger partial charge in [0.05, 0.1) is 13.2 Å². The second kappa shape index (κ2) is 9.77. The molecule has 1 aromatic heterocycles. The molecule has 1 fully saturated rings. The summed E-state index contributed by atoms with van der Waals surface area (Å²) in [5.74, 6) is 0.836. The Balaban J connectivity index is 1.44. The third-order valence-corrected chi connectivity index (χ3v) is 5.55. The molecule has 0 radical (unpaired) electrons. The van der Waals surface area contributed by atoms with Gasteiger partial charge in [-0.2, -0.15) is 15.0 Å². The number of hydrogen-bond donors (Lipinski definition) is 0. The number of nitrogens with zero attached hydrogens (tertiary/aromatic N) is 4. The zero-order chi connectivity index (χ0) is 21.6. The molecular formula is C26H26N4O2. The summed E-state index contributed by atoms with van der Waals surface area (Å²) in [7, 11) is 0. The first-order valence-electron chi connectivity index (χ1n) is 11.0. The average Bonchev–Trinajstić information content (AvgIpc) is 3.28. The van der Waals surface area contributed by atoms with Gasteiger partial charge in [0.1, 0.15) is 23.4 Å². The molecule has 1 saturated heterocycles. The summed E-state index contributed by atoms with van der Waals surface area (Å²) in [6.07, 6.45) is 3.95. The Morgan fingerprint density at radius 3 is 2.25 bits per heavy atom. The van der Waals surface area contributed by atoms with Crippen molar-refractivity contribution in [2.45, 2.75) is 6.17 Å². The van der Waals surface area contributed by atoms with E-state index in [9.17, 15) is 0 Å². The molecule has 6 nitrogen and oxygen atoms in total. The highest BCUT2D eigenvalue weighted by Gasteiger charge is 2.28. The lowest BCUT2D eigenvalue weighted by atomic mass is 10.1. The van der Waals surface area contributed by atoms with Gasteiger partial charge in [-0.05, 0) is 29.8 Å². The minimum atomic E-state index is -0.166. The van der Waals surface area contributed by atoms with Gasteiger partial charge >= 0.3 is 0 Å². The Labute approximate surface area is 187 Å². The van der Waals surface area contributed by atoms with E-state index in [0.717, 1.165) is 41.0 Å². The number of hydrogen-bond acceptors (Lipinski definition) is 5. The van der Waals surface area contributed by atoms with Crippen molar-refractivity contribution >= 4 is 17.1 Å². The first-order valence-corrected chi connectivity index (χ1v) is 11.0. The van der Waals surface area contributed by atoms with Crippen molar-refractivity contribution in [2.24, 2.45) is 0 Å². The predicted octanol–water partition coefficient (Wildman–Crippen LogP) is 4.40. The lowest BCUT2D eigenvalue weighted by Gasteiger charge is -2.34. The van der Waals surface area contributed by atoms with Crippen molar-refractivity contribution in [1.82, 2.24) is 19.9 Å². The first-order chi connectivity index (χ1) is 15.9. The second-order valence-electron chi connectivity index (χ2n) is 7.69. The smallest absolute Gasteiger partial charge is 0.153 e. The maximum absolute atomic E-state index is 6.21. The summed E-state index contributed by atoms with van der Waals surface area (Å²) in [4.78, 5) is 4.17. The van der Waals surface area contributed by atoms with Gasteiger partial charge in [-0.1, -0.05) is 66.7 Å². The maximum atomic E-state index is 6.21. The van der Waals surface area contributed by atoms with E-state index in [0.29, 0.717) is 19.8 Å². The van der Waals surface area contributed by atoms with Gasteiger partial charge in [-0.25, -0.2) is 0 Å². The van der Waals surface area contributed by atoms with E-state index in [4.69, 9.17) is 19.7 Å². The topological polar surface area (TPSA) is 52.4 Å². The van der Waals surface area contributed by atoms with Crippen molar-refractivity contribution in [3.8, 4) is 5.75 Å². The Bertz CT molecular complexity index is 1150. The zero-order valence-corrected chi connectivity index (χ0v) is 17.9. The van der Waals surface area contributed by atoms with Gasteiger partial charge in [-0.3, -0.25) is 4.90 Å². The largest absolute Gasteiger partial charge is 0.489 e. The SMILES string of the molecule is C(=C\c1ccccc1)/COc1ccccc1C(N1CCOCC1)n1nc2ccccc2n1. The minimum absolute atomic E-state index is 0.166. The van der Waals surface area contributed by atoms with E-state index in [-0.39, 0.29) is 6.17 Å². The maximum Gasteiger partial charge on any atom is 0.153 e. The van der Waals surface area contributed by atoms with Crippen LogP contribution in [0.2, 0.25) is 0 Å². The molecule has 0 aliphatic carbocycles. The Hall–Kier alpha value is -3.48. The van der Waals surface area contributed by atoms with Crippen molar-refractivity contribution in [3.63, 3.8) is 0 Å². The van der Waals surface area contributed by atoms with E-state index < -0.39 is 0 Å². The van der Waals surface area contributed by atoms with E-state index in [2.05, 4.69) is 29.2 Å². The van der Waals surface area contributed by atoms with Crippen LogP contribution in [0, 0.1) is 0 Å². The van der Waals surface area contributed by atoms with Crippen molar-refractivity contribution in [2.75, 3.05) is 32.9 Å². The highest BCUT2D eigenvalue weighted by Crippen LogP contribution is 2.31. The molecule has 32 heavy (non-hydrogen) atoms. The van der Waals surface area contributed by atoms with Crippen LogP contribution in [-0.2, 0) is 4.74 Å². The molecule has 1 atom stereocenters. The summed E-state index contributed by atoms with van der Waals surface area (Å²) in [6.45, 7) is 3.49. The molecule has 5 rings (SSSR count). The van der Waals surface area contributed by atoms with Gasteiger partial charge in [-0.15, -0.1) is 0 Å². The fourth-order valence-electron chi connectivity index (χ4n) is 3.99. The number of para-hydroxylation sites is 1. The molecule has 4 aromatic rings. The van der Waals surface area contributed by atoms with Crippen LogP contribution < -0.4 is 4.74 Å². The molecule has 1 aliphatic rings. The number of ether oxygens (including phenoxy) is 2. The fraction of sp³-hybridized carbons (Fsp3) is 0.231. The molecule has 1 unspecified atom stereocenters. The number of rotatable bonds is 7. The van der Waals surface area contributed by atoms with Crippen molar-refractivity contribution < 1.29 is 9.47 Å². The Kier molecular flexibility index (Phi) is 6.23. The molecular weight excluding hydrogens is 400 g/mol. The van der Waals surface area contributed by atoms with E-state index in [1.54, 1.807) is 0 Å². The Morgan fingerprint density at radius 2 is 1.50 bits per heavy atom. The predicted molar refractivity (Wildman–Crippen MR) is 125 cm³/mol. The zero-order valence-electron chi connectivity index (χ0n) is 17.9. The highest BCUT2D eigenvalue weighted by atomic mass is 16.5. The van der Waals surface area contributed by atoms with Crippen molar-refractivity contribution in [3.05, 3.63) is 96.1 Å². The molecule has 162 valence electrons. The van der Waals surface area contributed by atoms with Crippen LogP contribution in [0.1, 0.15) is 17.3 Å². The van der Waals surface area contributed by atoms with Gasteiger partial charge < -0.3 is 9.47 Å². The quantitative estimate of drug-likeness (QED) is 0.438. The van der Waals surface area contributed by atoms with Gasteiger partial charge in [0.25, 0.3) is 0 Å². The minimum Gasteiger partial charge on any atom is -0.489 e. The van der Waals surface area contributed by atoms with Crippen LogP contribution >= 0.6 is 0 Å². The van der Waals surface area contributed by atoms with Gasteiger partial charge in [0, 0.05) is 18.7 Å². The number of fused-ring (bicyclic) bond motifs is 1. The first kappa shape index (κ1) is 20.4. The molecule has 0 spiro atoms. The van der Waals surface area contributed by atoms with Crippen LogP contribution in [0.25, 0.3) is 17.1 Å². The van der Waals surface area contributed by atoms with Crippen molar-refractivity contribution in [1.29, 1.82) is 0 Å². The summed E-state index contributed by atoms with van der Waals surface area (Å²) in [6, 6.07) is 26.4. The fourth-order valence-corrected chi connectivity index (χ4v) is 3.99. The molecule has 6 heteroatoms. The average molecular weight is 427 g/mol. The summed E-state index contributed by atoms with van der Waals surface area (Å²) >= 11 is 0. The van der Waals surface area contributed by atoms with Crippen LogP contribution in [0.5, 0.6) is 5.75 Å². The normalized spacial score (nSPS) is 15.9.